The van der Waals surface area contributed by atoms with Crippen molar-refractivity contribution in [3.05, 3.63) is 0 Å². The molecule has 0 fully saturated rings. The number of carbonyl (C=O) groups is 3. The summed E-state index contributed by atoms with van der Waals surface area (Å²) in [6, 6.07) is -3.43. The van der Waals surface area contributed by atoms with Crippen molar-refractivity contribution in [1.29, 1.82) is 0 Å². The Hall–Kier alpha value is -2.44. The molecule has 0 radical (unpaired) electrons. The maximum atomic E-state index is 12.4. The number of aliphatic hydroxyl groups is 1. The largest absolute Gasteiger partial charge is 0.480 e. The van der Waals surface area contributed by atoms with E-state index in [0.29, 0.717) is 32.2 Å². The zero-order chi connectivity index (χ0) is 21.7. The molecule has 0 rings (SSSR count). The number of unbranched alkanes of at least 4 members (excludes halogenated alkanes) is 1. The number of hydrogen-bond donors (Lipinski definition) is 8. The molecule has 0 aromatic carbocycles. The number of carboxylic acid groups (broad SMARTS) is 1. The van der Waals surface area contributed by atoms with Gasteiger partial charge in [-0.2, -0.15) is 0 Å². The molecule has 0 aliphatic heterocycles. The molecule has 0 unspecified atom stereocenters. The number of amides is 2. The standard InChI is InChI=1S/C16H33N7O5/c1-9(24)12(23-13(25)10(18)5-2-3-7-17)14(26)22-11(15(27)28)6-4-8-21-16(19)20/h9-12,24H,2-8,17-18H2,1H3,(H,22,26)(H,23,25)(H,27,28)(H4,19,20,21)/t9-,10+,11+,12+/m1/s1. The minimum absolute atomic E-state index is 0.0664. The van der Waals surface area contributed by atoms with Gasteiger partial charge < -0.3 is 43.8 Å². The Balaban J connectivity index is 4.81. The van der Waals surface area contributed by atoms with E-state index >= 15 is 0 Å². The average Bonchev–Trinajstić information content (AvgIpc) is 2.61. The van der Waals surface area contributed by atoms with Gasteiger partial charge in [0, 0.05) is 6.54 Å². The maximum Gasteiger partial charge on any atom is 0.326 e. The number of aliphatic carboxylic acids is 1. The van der Waals surface area contributed by atoms with Gasteiger partial charge in [0.2, 0.25) is 11.8 Å². The number of aliphatic imine (C=N–C) groups is 1. The summed E-state index contributed by atoms with van der Waals surface area (Å²) in [5.74, 6) is -2.81. The Morgan fingerprint density at radius 3 is 2.18 bits per heavy atom. The van der Waals surface area contributed by atoms with Gasteiger partial charge in [-0.05, 0) is 39.2 Å². The van der Waals surface area contributed by atoms with E-state index in [1.807, 2.05) is 0 Å². The molecule has 162 valence electrons. The van der Waals surface area contributed by atoms with Crippen LogP contribution in [0.1, 0.15) is 39.0 Å². The van der Waals surface area contributed by atoms with Crippen molar-refractivity contribution in [2.75, 3.05) is 13.1 Å². The monoisotopic (exact) mass is 403 g/mol. The highest BCUT2D eigenvalue weighted by atomic mass is 16.4. The third kappa shape index (κ3) is 10.6. The summed E-state index contributed by atoms with van der Waals surface area (Å²) in [4.78, 5) is 39.6. The van der Waals surface area contributed by atoms with E-state index in [-0.39, 0.29) is 18.9 Å². The fourth-order valence-electron chi connectivity index (χ4n) is 2.33. The second kappa shape index (κ2) is 13.7. The van der Waals surface area contributed by atoms with Gasteiger partial charge >= 0.3 is 5.97 Å². The van der Waals surface area contributed by atoms with Gasteiger partial charge in [-0.25, -0.2) is 4.79 Å². The van der Waals surface area contributed by atoms with Crippen LogP contribution >= 0.6 is 0 Å². The van der Waals surface area contributed by atoms with Crippen LogP contribution in [0.3, 0.4) is 0 Å². The minimum atomic E-state index is -1.34. The van der Waals surface area contributed by atoms with E-state index in [4.69, 9.17) is 22.9 Å². The molecular formula is C16H33N7O5. The molecule has 12 nitrogen and oxygen atoms in total. The van der Waals surface area contributed by atoms with Gasteiger partial charge in [-0.1, -0.05) is 6.42 Å². The van der Waals surface area contributed by atoms with E-state index in [2.05, 4.69) is 15.6 Å². The van der Waals surface area contributed by atoms with Crippen LogP contribution in [0.4, 0.5) is 0 Å². The number of carboxylic acids is 1. The molecule has 0 aromatic rings. The quantitative estimate of drug-likeness (QED) is 0.0833. The van der Waals surface area contributed by atoms with Crippen molar-refractivity contribution in [1.82, 2.24) is 10.6 Å². The zero-order valence-corrected chi connectivity index (χ0v) is 16.1. The Bertz CT molecular complexity index is 537. The number of rotatable bonds is 14. The molecule has 0 bridgehead atoms. The van der Waals surface area contributed by atoms with Crippen molar-refractivity contribution in [3.8, 4) is 0 Å². The topological polar surface area (TPSA) is 232 Å². The van der Waals surface area contributed by atoms with Gasteiger partial charge in [0.05, 0.1) is 12.1 Å². The first kappa shape index (κ1) is 25.6. The van der Waals surface area contributed by atoms with Gasteiger partial charge in [-0.3, -0.25) is 14.6 Å². The van der Waals surface area contributed by atoms with Crippen molar-refractivity contribution in [2.45, 2.75) is 63.3 Å². The van der Waals surface area contributed by atoms with E-state index in [1.54, 1.807) is 0 Å². The maximum absolute atomic E-state index is 12.4. The fraction of sp³-hybridized carbons (Fsp3) is 0.750. The Labute approximate surface area is 164 Å². The smallest absolute Gasteiger partial charge is 0.326 e. The Morgan fingerprint density at radius 2 is 1.68 bits per heavy atom. The van der Waals surface area contributed by atoms with Gasteiger partial charge in [0.25, 0.3) is 0 Å². The average molecular weight is 403 g/mol. The third-order valence-electron chi connectivity index (χ3n) is 3.93. The molecule has 0 aliphatic carbocycles. The number of aliphatic hydroxyl groups excluding tert-OH is 1. The number of guanidine groups is 1. The molecule has 0 aliphatic rings. The number of hydrogen-bond acceptors (Lipinski definition) is 7. The first-order valence-electron chi connectivity index (χ1n) is 9.12. The normalized spacial score (nSPS) is 15.0. The summed E-state index contributed by atoms with van der Waals surface area (Å²) in [7, 11) is 0. The van der Waals surface area contributed by atoms with Gasteiger partial charge in [0.15, 0.2) is 5.96 Å². The minimum Gasteiger partial charge on any atom is -0.480 e. The van der Waals surface area contributed by atoms with Crippen molar-refractivity contribution < 1.29 is 24.6 Å². The van der Waals surface area contributed by atoms with Gasteiger partial charge in [0.1, 0.15) is 12.1 Å². The van der Waals surface area contributed by atoms with Crippen LogP contribution in [0.2, 0.25) is 0 Å². The van der Waals surface area contributed by atoms with E-state index in [1.165, 1.54) is 6.92 Å². The number of nitrogens with one attached hydrogen (secondary N) is 2. The highest BCUT2D eigenvalue weighted by Crippen LogP contribution is 2.03. The highest BCUT2D eigenvalue weighted by molar-refractivity contribution is 5.92. The summed E-state index contributed by atoms with van der Waals surface area (Å²) in [6.45, 7) is 1.99. The molecule has 12 N–H and O–H groups in total. The van der Waals surface area contributed by atoms with Crippen LogP contribution in [0.15, 0.2) is 4.99 Å². The lowest BCUT2D eigenvalue weighted by Crippen LogP contribution is -2.58. The lowest BCUT2D eigenvalue weighted by molar-refractivity contribution is -0.143. The molecule has 0 saturated carbocycles. The molecule has 0 saturated heterocycles. The van der Waals surface area contributed by atoms with Crippen molar-refractivity contribution in [3.63, 3.8) is 0 Å². The molecular weight excluding hydrogens is 370 g/mol. The number of nitrogens with two attached hydrogens (primary N) is 4. The Morgan fingerprint density at radius 1 is 1.04 bits per heavy atom. The summed E-state index contributed by atoms with van der Waals surface area (Å²) in [5, 5.41) is 23.8. The molecule has 28 heavy (non-hydrogen) atoms. The second-order valence-electron chi connectivity index (χ2n) is 6.47. The fourth-order valence-corrected chi connectivity index (χ4v) is 2.33. The molecule has 12 heteroatoms. The summed E-state index contributed by atoms with van der Waals surface area (Å²) in [6.07, 6.45) is 0.856. The molecule has 0 spiro atoms. The predicted molar refractivity (Wildman–Crippen MR) is 104 cm³/mol. The van der Waals surface area contributed by atoms with Crippen molar-refractivity contribution >= 4 is 23.7 Å². The van der Waals surface area contributed by atoms with Crippen LogP contribution in [0.5, 0.6) is 0 Å². The van der Waals surface area contributed by atoms with E-state index in [9.17, 15) is 24.6 Å². The molecule has 0 aromatic heterocycles. The lowest BCUT2D eigenvalue weighted by atomic mass is 10.1. The van der Waals surface area contributed by atoms with Crippen LogP contribution in [0, 0.1) is 0 Å². The number of carbonyl (C=O) groups excluding carboxylic acids is 2. The van der Waals surface area contributed by atoms with Crippen molar-refractivity contribution in [2.24, 2.45) is 27.9 Å². The van der Waals surface area contributed by atoms with E-state index in [0.717, 1.165) is 0 Å². The summed E-state index contributed by atoms with van der Waals surface area (Å²) in [5.41, 5.74) is 21.5. The zero-order valence-electron chi connectivity index (χ0n) is 16.1. The summed E-state index contributed by atoms with van der Waals surface area (Å²) >= 11 is 0. The van der Waals surface area contributed by atoms with Crippen LogP contribution in [-0.2, 0) is 14.4 Å². The molecule has 0 heterocycles. The number of nitrogens with zero attached hydrogens (tertiary/aromatic N) is 1. The van der Waals surface area contributed by atoms with Crippen LogP contribution in [0.25, 0.3) is 0 Å². The first-order chi connectivity index (χ1) is 13.1. The first-order valence-corrected chi connectivity index (χ1v) is 9.12. The predicted octanol–water partition coefficient (Wildman–Crippen LogP) is -3.07. The van der Waals surface area contributed by atoms with E-state index < -0.39 is 42.0 Å². The Kier molecular flexibility index (Phi) is 12.5. The highest BCUT2D eigenvalue weighted by Gasteiger charge is 2.30. The molecule has 2 amide bonds. The SMILES string of the molecule is C[C@@H](O)[C@H](NC(=O)[C@@H](N)CCCCN)C(=O)N[C@@H](CCCN=C(N)N)C(=O)O. The van der Waals surface area contributed by atoms with Crippen LogP contribution < -0.4 is 33.6 Å². The summed E-state index contributed by atoms with van der Waals surface area (Å²) < 4.78 is 0. The molecule has 4 atom stereocenters. The van der Waals surface area contributed by atoms with Gasteiger partial charge in [-0.15, -0.1) is 0 Å². The third-order valence-corrected chi connectivity index (χ3v) is 3.93. The lowest BCUT2D eigenvalue weighted by Gasteiger charge is -2.24. The second-order valence-corrected chi connectivity index (χ2v) is 6.47. The van der Waals surface area contributed by atoms with Crippen LogP contribution in [-0.4, -0.2) is 71.3 Å².